The Labute approximate surface area is 125 Å². The van der Waals surface area contributed by atoms with Crippen molar-refractivity contribution in [2.45, 2.75) is 24.9 Å². The number of rotatable bonds is 6. The van der Waals surface area contributed by atoms with Gasteiger partial charge in [-0.05, 0) is 25.1 Å². The Bertz CT molecular complexity index is 707. The van der Waals surface area contributed by atoms with Crippen LogP contribution < -0.4 is 5.32 Å². The van der Waals surface area contributed by atoms with E-state index in [9.17, 15) is 8.42 Å². The lowest BCUT2D eigenvalue weighted by Gasteiger charge is -2.13. The first-order chi connectivity index (χ1) is 9.95. The van der Waals surface area contributed by atoms with Gasteiger partial charge in [-0.2, -0.15) is 0 Å². The summed E-state index contributed by atoms with van der Waals surface area (Å²) in [4.78, 5) is 4.55. The predicted octanol–water partition coefficient (Wildman–Crippen LogP) is 1.77. The molecule has 0 aliphatic rings. The fraction of sp³-hybridized carbons (Fsp3) is 0.357. The van der Waals surface area contributed by atoms with E-state index in [1.165, 1.54) is 18.4 Å². The van der Waals surface area contributed by atoms with Gasteiger partial charge in [0.25, 0.3) is 0 Å². The van der Waals surface area contributed by atoms with E-state index >= 15 is 0 Å². The highest BCUT2D eigenvalue weighted by Crippen LogP contribution is 2.18. The third-order valence-electron chi connectivity index (χ3n) is 3.21. The number of benzene rings is 1. The molecule has 0 unspecified atom stereocenters. The van der Waals surface area contributed by atoms with E-state index < -0.39 is 10.0 Å². The molecule has 0 spiro atoms. The van der Waals surface area contributed by atoms with Crippen LogP contribution in [0, 0.1) is 0 Å². The maximum Gasteiger partial charge on any atom is 0.242 e. The van der Waals surface area contributed by atoms with Gasteiger partial charge in [-0.1, -0.05) is 6.07 Å². The first-order valence-electron chi connectivity index (χ1n) is 6.71. The molecule has 6 nitrogen and oxygen atoms in total. The zero-order valence-electron chi connectivity index (χ0n) is 12.4. The fourth-order valence-electron chi connectivity index (χ4n) is 1.95. The van der Waals surface area contributed by atoms with Crippen molar-refractivity contribution in [3.05, 3.63) is 42.5 Å². The van der Waals surface area contributed by atoms with Crippen molar-refractivity contribution >= 4 is 15.7 Å². The largest absolute Gasteiger partial charge is 0.378 e. The van der Waals surface area contributed by atoms with E-state index in [1.54, 1.807) is 24.4 Å². The van der Waals surface area contributed by atoms with Crippen LogP contribution in [0.5, 0.6) is 0 Å². The van der Waals surface area contributed by atoms with E-state index in [4.69, 9.17) is 0 Å². The summed E-state index contributed by atoms with van der Waals surface area (Å²) in [6.07, 6.45) is 3.68. The molecule has 2 aromatic rings. The molecule has 0 bridgehead atoms. The molecule has 0 radical (unpaired) electrons. The Morgan fingerprint density at radius 1 is 1.33 bits per heavy atom. The average Bonchev–Trinajstić information content (AvgIpc) is 2.92. The lowest BCUT2D eigenvalue weighted by molar-refractivity contribution is 0.521. The molecule has 0 saturated heterocycles. The van der Waals surface area contributed by atoms with Crippen molar-refractivity contribution in [2.75, 3.05) is 19.4 Å². The number of aromatic nitrogens is 2. The molecule has 0 aliphatic carbocycles. The summed E-state index contributed by atoms with van der Waals surface area (Å²) in [7, 11) is -0.369. The van der Waals surface area contributed by atoms with Crippen molar-refractivity contribution in [1.82, 2.24) is 13.9 Å². The summed E-state index contributed by atoms with van der Waals surface area (Å²) < 4.78 is 27.4. The number of hydrogen-bond donors (Lipinski definition) is 1. The normalized spacial score (nSPS) is 11.8. The van der Waals surface area contributed by atoms with E-state index in [0.29, 0.717) is 6.54 Å². The van der Waals surface area contributed by atoms with Crippen molar-refractivity contribution in [3.8, 4) is 0 Å². The zero-order chi connectivity index (χ0) is 15.5. The average molecular weight is 308 g/mol. The first-order valence-corrected chi connectivity index (χ1v) is 8.15. The SMILES string of the molecule is CCn1ccnc1CNc1cccc(S(=O)(=O)N(C)C)c1. The number of aryl methyl sites for hydroxylation is 1. The molecule has 2 rings (SSSR count). The minimum absolute atomic E-state index is 0.274. The van der Waals surface area contributed by atoms with Crippen LogP contribution in [0.15, 0.2) is 41.6 Å². The van der Waals surface area contributed by atoms with Crippen LogP contribution >= 0.6 is 0 Å². The van der Waals surface area contributed by atoms with Gasteiger partial charge in [-0.3, -0.25) is 0 Å². The van der Waals surface area contributed by atoms with E-state index in [2.05, 4.69) is 17.2 Å². The zero-order valence-corrected chi connectivity index (χ0v) is 13.3. The number of nitrogens with one attached hydrogen (secondary N) is 1. The lowest BCUT2D eigenvalue weighted by atomic mass is 10.3. The molecule has 1 heterocycles. The van der Waals surface area contributed by atoms with Gasteiger partial charge in [0, 0.05) is 38.7 Å². The molecule has 0 atom stereocenters. The van der Waals surface area contributed by atoms with Crippen molar-refractivity contribution in [3.63, 3.8) is 0 Å². The topological polar surface area (TPSA) is 67.2 Å². The number of imidazole rings is 1. The Balaban J connectivity index is 2.16. The predicted molar refractivity (Wildman–Crippen MR) is 82.5 cm³/mol. The molecule has 114 valence electrons. The van der Waals surface area contributed by atoms with E-state index in [-0.39, 0.29) is 4.90 Å². The molecule has 0 fully saturated rings. The second kappa shape index (κ2) is 6.28. The van der Waals surface area contributed by atoms with Crippen LogP contribution in [0.2, 0.25) is 0 Å². The second-order valence-corrected chi connectivity index (χ2v) is 6.95. The number of sulfonamides is 1. The summed E-state index contributed by atoms with van der Waals surface area (Å²) in [5.74, 6) is 0.915. The Morgan fingerprint density at radius 2 is 2.10 bits per heavy atom. The quantitative estimate of drug-likeness (QED) is 0.883. The molecular formula is C14H20N4O2S. The standard InChI is InChI=1S/C14H20N4O2S/c1-4-18-9-8-15-14(18)11-16-12-6-5-7-13(10-12)21(19,20)17(2)3/h5-10,16H,4,11H2,1-3H3. The molecule has 0 saturated carbocycles. The minimum Gasteiger partial charge on any atom is -0.378 e. The molecule has 1 N–H and O–H groups in total. The van der Waals surface area contributed by atoms with Crippen LogP contribution in [0.1, 0.15) is 12.7 Å². The molecule has 1 aromatic carbocycles. The summed E-state index contributed by atoms with van der Waals surface area (Å²) in [5.41, 5.74) is 0.753. The second-order valence-electron chi connectivity index (χ2n) is 4.80. The van der Waals surface area contributed by atoms with Gasteiger partial charge in [-0.25, -0.2) is 17.7 Å². The maximum absolute atomic E-state index is 12.1. The van der Waals surface area contributed by atoms with Crippen LogP contribution in [-0.4, -0.2) is 36.4 Å². The summed E-state index contributed by atoms with van der Waals surface area (Å²) >= 11 is 0. The highest BCUT2D eigenvalue weighted by atomic mass is 32.2. The Hall–Kier alpha value is -1.86. The van der Waals surface area contributed by atoms with Gasteiger partial charge in [0.1, 0.15) is 5.82 Å². The van der Waals surface area contributed by atoms with E-state index in [1.807, 2.05) is 16.8 Å². The van der Waals surface area contributed by atoms with E-state index in [0.717, 1.165) is 18.1 Å². The van der Waals surface area contributed by atoms with Crippen LogP contribution in [0.25, 0.3) is 0 Å². The minimum atomic E-state index is -3.41. The highest BCUT2D eigenvalue weighted by molar-refractivity contribution is 7.89. The van der Waals surface area contributed by atoms with Crippen molar-refractivity contribution in [1.29, 1.82) is 0 Å². The maximum atomic E-state index is 12.1. The fourth-order valence-corrected chi connectivity index (χ4v) is 2.90. The number of anilines is 1. The first kappa shape index (κ1) is 15.5. The van der Waals surface area contributed by atoms with Crippen LogP contribution in [-0.2, 0) is 23.1 Å². The van der Waals surface area contributed by atoms with Crippen LogP contribution in [0.4, 0.5) is 5.69 Å². The summed E-state index contributed by atoms with van der Waals surface area (Å²) in [6.45, 7) is 3.45. The third-order valence-corrected chi connectivity index (χ3v) is 5.02. The molecule has 21 heavy (non-hydrogen) atoms. The van der Waals surface area contributed by atoms with Gasteiger partial charge < -0.3 is 9.88 Å². The highest BCUT2D eigenvalue weighted by Gasteiger charge is 2.17. The lowest BCUT2D eigenvalue weighted by Crippen LogP contribution is -2.22. The number of nitrogens with zero attached hydrogens (tertiary/aromatic N) is 3. The summed E-state index contributed by atoms with van der Waals surface area (Å²) in [5, 5.41) is 3.21. The van der Waals surface area contributed by atoms with Crippen molar-refractivity contribution in [2.24, 2.45) is 0 Å². The van der Waals surface area contributed by atoms with Gasteiger partial charge in [0.15, 0.2) is 0 Å². The van der Waals surface area contributed by atoms with Gasteiger partial charge in [0.2, 0.25) is 10.0 Å². The molecule has 1 aromatic heterocycles. The van der Waals surface area contributed by atoms with Gasteiger partial charge in [-0.15, -0.1) is 0 Å². The summed E-state index contributed by atoms with van der Waals surface area (Å²) in [6, 6.07) is 6.79. The van der Waals surface area contributed by atoms with Crippen molar-refractivity contribution < 1.29 is 8.42 Å². The Morgan fingerprint density at radius 3 is 2.76 bits per heavy atom. The molecule has 0 aliphatic heterocycles. The Kier molecular flexibility index (Phi) is 4.64. The van der Waals surface area contributed by atoms with Gasteiger partial charge in [0.05, 0.1) is 11.4 Å². The molecular weight excluding hydrogens is 288 g/mol. The van der Waals surface area contributed by atoms with Gasteiger partial charge >= 0.3 is 0 Å². The smallest absolute Gasteiger partial charge is 0.242 e. The molecule has 7 heteroatoms. The molecule has 0 amide bonds. The monoisotopic (exact) mass is 308 g/mol. The number of hydrogen-bond acceptors (Lipinski definition) is 4. The third kappa shape index (κ3) is 3.43. The van der Waals surface area contributed by atoms with Crippen LogP contribution in [0.3, 0.4) is 0 Å².